The molecule has 0 amide bonds. The molecular formula is C25H22F2N6O. The van der Waals surface area contributed by atoms with Gasteiger partial charge in [-0.15, -0.1) is 0 Å². The van der Waals surface area contributed by atoms with Crippen molar-refractivity contribution in [2.24, 2.45) is 0 Å². The number of benzene rings is 1. The number of nitrogens with zero attached hydrogens (tertiary/aromatic N) is 6. The maximum absolute atomic E-state index is 13.7. The monoisotopic (exact) mass is 460 g/mol. The van der Waals surface area contributed by atoms with E-state index < -0.39 is 11.6 Å². The molecule has 172 valence electrons. The molecule has 1 aromatic carbocycles. The normalized spacial score (nSPS) is 14.9. The average molecular weight is 460 g/mol. The summed E-state index contributed by atoms with van der Waals surface area (Å²) in [6.07, 6.45) is 7.42. The number of halogens is 2. The maximum atomic E-state index is 13.7. The highest BCUT2D eigenvalue weighted by Gasteiger charge is 2.19. The molecule has 34 heavy (non-hydrogen) atoms. The summed E-state index contributed by atoms with van der Waals surface area (Å²) in [6.45, 7) is 3.62. The lowest BCUT2D eigenvalue weighted by Gasteiger charge is -2.21. The Morgan fingerprint density at radius 1 is 1.00 bits per heavy atom. The van der Waals surface area contributed by atoms with Crippen molar-refractivity contribution in [3.8, 4) is 5.69 Å². The molecule has 1 aliphatic heterocycles. The van der Waals surface area contributed by atoms with Crippen molar-refractivity contribution in [2.45, 2.75) is 32.2 Å². The summed E-state index contributed by atoms with van der Waals surface area (Å²) >= 11 is 0. The van der Waals surface area contributed by atoms with E-state index in [1.54, 1.807) is 6.20 Å². The summed E-state index contributed by atoms with van der Waals surface area (Å²) in [6, 6.07) is 7.43. The van der Waals surface area contributed by atoms with E-state index in [2.05, 4.69) is 15.0 Å². The SMILES string of the molecule is Cc1nc2ncc(-n3ccc4ncc(C5CCOCC5)nc43)cc2n1Cc1cc(F)cc(F)c1. The van der Waals surface area contributed by atoms with Crippen LogP contribution in [0.25, 0.3) is 28.0 Å². The first-order valence-electron chi connectivity index (χ1n) is 11.2. The Kier molecular flexibility index (Phi) is 5.06. The molecule has 5 aromatic rings. The second-order valence-corrected chi connectivity index (χ2v) is 8.64. The van der Waals surface area contributed by atoms with E-state index in [1.807, 2.05) is 40.6 Å². The molecule has 9 heteroatoms. The third-order valence-electron chi connectivity index (χ3n) is 6.37. The summed E-state index contributed by atoms with van der Waals surface area (Å²) < 4.78 is 36.8. The standard InChI is InChI=1S/C25H22F2N6O/c1-15-30-24-23(33(15)14-16-8-18(26)10-19(27)9-16)11-20(12-29-24)32-5-2-21-25(32)31-22(13-28-21)17-3-6-34-7-4-17/h2,5,8-13,17H,3-4,6-7,14H2,1H3. The predicted molar refractivity (Wildman–Crippen MR) is 123 cm³/mol. The Morgan fingerprint density at radius 2 is 1.79 bits per heavy atom. The summed E-state index contributed by atoms with van der Waals surface area (Å²) in [5.41, 5.74) is 5.21. The van der Waals surface area contributed by atoms with Gasteiger partial charge < -0.3 is 9.30 Å². The Hall–Kier alpha value is -3.72. The van der Waals surface area contributed by atoms with Crippen molar-refractivity contribution in [3.05, 3.63) is 77.6 Å². The molecule has 4 aromatic heterocycles. The number of hydrogen-bond donors (Lipinski definition) is 0. The van der Waals surface area contributed by atoms with Crippen LogP contribution in [-0.4, -0.2) is 42.3 Å². The molecule has 6 rings (SSSR count). The largest absolute Gasteiger partial charge is 0.381 e. The van der Waals surface area contributed by atoms with Gasteiger partial charge in [-0.2, -0.15) is 0 Å². The molecule has 1 fully saturated rings. The first-order chi connectivity index (χ1) is 16.5. The Balaban J connectivity index is 1.42. The number of pyridine rings is 1. The third-order valence-corrected chi connectivity index (χ3v) is 6.37. The molecule has 0 radical (unpaired) electrons. The molecule has 0 saturated carbocycles. The van der Waals surface area contributed by atoms with Crippen molar-refractivity contribution < 1.29 is 13.5 Å². The lowest BCUT2D eigenvalue weighted by atomic mass is 9.97. The molecular weight excluding hydrogens is 438 g/mol. The molecule has 0 N–H and O–H groups in total. The van der Waals surface area contributed by atoms with Crippen molar-refractivity contribution in [3.63, 3.8) is 0 Å². The van der Waals surface area contributed by atoms with Crippen molar-refractivity contribution in [1.82, 2.24) is 29.1 Å². The highest BCUT2D eigenvalue weighted by molar-refractivity contribution is 5.78. The first kappa shape index (κ1) is 20.9. The zero-order chi connectivity index (χ0) is 23.2. The summed E-state index contributed by atoms with van der Waals surface area (Å²) in [5, 5.41) is 0. The lowest BCUT2D eigenvalue weighted by Crippen LogP contribution is -2.15. The van der Waals surface area contributed by atoms with Gasteiger partial charge in [0.15, 0.2) is 11.3 Å². The van der Waals surface area contributed by atoms with E-state index >= 15 is 0 Å². The van der Waals surface area contributed by atoms with Crippen LogP contribution in [0.5, 0.6) is 0 Å². The van der Waals surface area contributed by atoms with Crippen LogP contribution < -0.4 is 0 Å². The molecule has 0 spiro atoms. The van der Waals surface area contributed by atoms with E-state index in [-0.39, 0.29) is 6.54 Å². The Labute approximate surface area is 194 Å². The Morgan fingerprint density at radius 3 is 2.59 bits per heavy atom. The molecule has 0 unspecified atom stereocenters. The molecule has 0 atom stereocenters. The molecule has 5 heterocycles. The van der Waals surface area contributed by atoms with E-state index in [0.29, 0.717) is 23.0 Å². The van der Waals surface area contributed by atoms with Crippen molar-refractivity contribution >= 4 is 22.3 Å². The quantitative estimate of drug-likeness (QED) is 0.389. The second kappa shape index (κ2) is 8.25. The van der Waals surface area contributed by atoms with Gasteiger partial charge in [0, 0.05) is 44.1 Å². The highest BCUT2D eigenvalue weighted by Crippen LogP contribution is 2.28. The van der Waals surface area contributed by atoms with E-state index in [4.69, 9.17) is 9.72 Å². The van der Waals surface area contributed by atoms with Crippen LogP contribution >= 0.6 is 0 Å². The minimum absolute atomic E-state index is 0.280. The average Bonchev–Trinajstić information content (AvgIpc) is 3.39. The van der Waals surface area contributed by atoms with Gasteiger partial charge in [-0.05, 0) is 49.6 Å². The zero-order valence-electron chi connectivity index (χ0n) is 18.6. The lowest BCUT2D eigenvalue weighted by molar-refractivity contribution is 0.0845. The van der Waals surface area contributed by atoms with Gasteiger partial charge in [0.05, 0.1) is 23.1 Å². The van der Waals surface area contributed by atoms with Gasteiger partial charge in [-0.3, -0.25) is 9.55 Å². The van der Waals surface area contributed by atoms with Crippen molar-refractivity contribution in [1.29, 1.82) is 0 Å². The Bertz CT molecular complexity index is 1500. The van der Waals surface area contributed by atoms with Gasteiger partial charge >= 0.3 is 0 Å². The number of rotatable bonds is 4. The minimum atomic E-state index is -0.603. The van der Waals surface area contributed by atoms with E-state index in [1.165, 1.54) is 12.1 Å². The first-order valence-corrected chi connectivity index (χ1v) is 11.2. The number of hydrogen-bond acceptors (Lipinski definition) is 5. The van der Waals surface area contributed by atoms with Crippen LogP contribution in [0.1, 0.15) is 35.8 Å². The smallest absolute Gasteiger partial charge is 0.178 e. The fourth-order valence-corrected chi connectivity index (χ4v) is 4.63. The summed E-state index contributed by atoms with van der Waals surface area (Å²) in [5.74, 6) is -0.157. The number of aryl methyl sites for hydroxylation is 1. The molecule has 1 saturated heterocycles. The zero-order valence-corrected chi connectivity index (χ0v) is 18.6. The molecule has 1 aliphatic rings. The van der Waals surface area contributed by atoms with E-state index in [0.717, 1.165) is 60.2 Å². The second-order valence-electron chi connectivity index (χ2n) is 8.64. The number of ether oxygens (including phenoxy) is 1. The fourth-order valence-electron chi connectivity index (χ4n) is 4.63. The van der Waals surface area contributed by atoms with Crippen LogP contribution in [0.4, 0.5) is 8.78 Å². The molecule has 0 aliphatic carbocycles. The van der Waals surface area contributed by atoms with Crippen LogP contribution in [-0.2, 0) is 11.3 Å². The van der Waals surface area contributed by atoms with Crippen LogP contribution in [0.2, 0.25) is 0 Å². The van der Waals surface area contributed by atoms with Gasteiger partial charge in [0.2, 0.25) is 0 Å². The molecule has 0 bridgehead atoms. The topological polar surface area (TPSA) is 70.7 Å². The highest BCUT2D eigenvalue weighted by atomic mass is 19.1. The van der Waals surface area contributed by atoms with Crippen LogP contribution in [0, 0.1) is 18.6 Å². The van der Waals surface area contributed by atoms with Gasteiger partial charge in [0.1, 0.15) is 23.0 Å². The van der Waals surface area contributed by atoms with Gasteiger partial charge in [0.25, 0.3) is 0 Å². The number of fused-ring (bicyclic) bond motifs is 2. The number of imidazole rings is 1. The molecule has 7 nitrogen and oxygen atoms in total. The van der Waals surface area contributed by atoms with Crippen LogP contribution in [0.15, 0.2) is 48.9 Å². The van der Waals surface area contributed by atoms with Crippen LogP contribution in [0.3, 0.4) is 0 Å². The summed E-state index contributed by atoms with van der Waals surface area (Å²) in [7, 11) is 0. The predicted octanol–water partition coefficient (Wildman–Crippen LogP) is 4.69. The van der Waals surface area contributed by atoms with Gasteiger partial charge in [-0.25, -0.2) is 23.7 Å². The maximum Gasteiger partial charge on any atom is 0.178 e. The number of aromatic nitrogens is 6. The third kappa shape index (κ3) is 3.71. The van der Waals surface area contributed by atoms with E-state index in [9.17, 15) is 8.78 Å². The summed E-state index contributed by atoms with van der Waals surface area (Å²) in [4.78, 5) is 18.6. The minimum Gasteiger partial charge on any atom is -0.381 e. The van der Waals surface area contributed by atoms with Crippen molar-refractivity contribution in [2.75, 3.05) is 13.2 Å². The fraction of sp³-hybridized carbons (Fsp3) is 0.280. The van der Waals surface area contributed by atoms with Gasteiger partial charge in [-0.1, -0.05) is 0 Å².